The largest absolute Gasteiger partial charge is 0.0683 e. The van der Waals surface area contributed by atoms with Crippen molar-refractivity contribution in [3.8, 4) is 11.1 Å². The third kappa shape index (κ3) is 4.47. The summed E-state index contributed by atoms with van der Waals surface area (Å²) in [6, 6.07) is 36.2. The van der Waals surface area contributed by atoms with Gasteiger partial charge in [-0.25, -0.2) is 0 Å². The Balaban J connectivity index is 0.000000443. The molecular formula is C38H42. The number of benzene rings is 6. The molecule has 0 radical (unpaired) electrons. The summed E-state index contributed by atoms with van der Waals surface area (Å²) in [5.41, 5.74) is 5.66. The molecule has 0 saturated carbocycles. The van der Waals surface area contributed by atoms with E-state index in [0.717, 1.165) is 0 Å². The topological polar surface area (TPSA) is 0 Å². The molecule has 0 nitrogen and oxygen atoms in total. The van der Waals surface area contributed by atoms with Gasteiger partial charge in [0.15, 0.2) is 0 Å². The Morgan fingerprint density at radius 2 is 1.00 bits per heavy atom. The first-order chi connectivity index (χ1) is 18.5. The summed E-state index contributed by atoms with van der Waals surface area (Å²) in [6.07, 6.45) is 1.25. The molecule has 0 aliphatic heterocycles. The maximum atomic E-state index is 2.46. The molecule has 0 amide bonds. The predicted octanol–water partition coefficient (Wildman–Crippen LogP) is 12.1. The second kappa shape index (κ2) is 11.4. The third-order valence-electron chi connectivity index (χ3n) is 7.39. The lowest BCUT2D eigenvalue weighted by Crippen LogP contribution is -2.14. The summed E-state index contributed by atoms with van der Waals surface area (Å²) in [4.78, 5) is 0. The molecule has 0 N–H and O–H groups in total. The van der Waals surface area contributed by atoms with Gasteiger partial charge in [-0.2, -0.15) is 0 Å². The van der Waals surface area contributed by atoms with Gasteiger partial charge in [0.25, 0.3) is 0 Å². The van der Waals surface area contributed by atoms with Crippen LogP contribution in [0.15, 0.2) is 97.1 Å². The van der Waals surface area contributed by atoms with E-state index < -0.39 is 0 Å². The van der Waals surface area contributed by atoms with Crippen LogP contribution in [0.4, 0.5) is 0 Å². The van der Waals surface area contributed by atoms with Crippen LogP contribution in [0.3, 0.4) is 0 Å². The molecule has 1 aliphatic rings. The van der Waals surface area contributed by atoms with Crippen LogP contribution in [0.1, 0.15) is 72.9 Å². The molecular weight excluding hydrogens is 456 g/mol. The Bertz CT molecular complexity index is 1720. The third-order valence-corrected chi connectivity index (χ3v) is 7.39. The molecule has 0 atom stereocenters. The monoisotopic (exact) mass is 498 g/mol. The second-order valence-corrected chi connectivity index (χ2v) is 10.1. The summed E-state index contributed by atoms with van der Waals surface area (Å²) in [7, 11) is 0. The lowest BCUT2D eigenvalue weighted by molar-refractivity contribution is 0.662. The minimum Gasteiger partial charge on any atom is -0.0683 e. The van der Waals surface area contributed by atoms with Gasteiger partial charge in [0.2, 0.25) is 0 Å². The van der Waals surface area contributed by atoms with Crippen molar-refractivity contribution in [3.63, 3.8) is 0 Å². The van der Waals surface area contributed by atoms with E-state index in [1.807, 2.05) is 27.7 Å². The van der Waals surface area contributed by atoms with E-state index in [9.17, 15) is 0 Å². The average molecular weight is 499 g/mol. The van der Waals surface area contributed by atoms with Gasteiger partial charge < -0.3 is 0 Å². The molecule has 0 fully saturated rings. The maximum Gasteiger partial charge on any atom is 0.0159 e. The summed E-state index contributed by atoms with van der Waals surface area (Å²) in [5, 5.41) is 10.6. The Kier molecular flexibility index (Phi) is 8.22. The van der Waals surface area contributed by atoms with Crippen molar-refractivity contribution < 1.29 is 0 Å². The maximum absolute atomic E-state index is 2.46. The van der Waals surface area contributed by atoms with Crippen LogP contribution >= 0.6 is 0 Å². The van der Waals surface area contributed by atoms with Crippen molar-refractivity contribution in [2.75, 3.05) is 0 Å². The zero-order valence-electron chi connectivity index (χ0n) is 24.4. The molecule has 6 aromatic rings. The highest BCUT2D eigenvalue weighted by molar-refractivity contribution is 6.13. The minimum absolute atomic E-state index is 0.0182. The Hall–Kier alpha value is -3.64. The number of hydrogen-bond donors (Lipinski definition) is 0. The van der Waals surface area contributed by atoms with Crippen LogP contribution in [0.5, 0.6) is 0 Å². The predicted molar refractivity (Wildman–Crippen MR) is 173 cm³/mol. The molecule has 0 saturated heterocycles. The second-order valence-electron chi connectivity index (χ2n) is 10.1. The molecule has 0 heteroatoms. The molecule has 0 bridgehead atoms. The summed E-state index contributed by atoms with van der Waals surface area (Å²) >= 11 is 0. The van der Waals surface area contributed by atoms with E-state index in [2.05, 4.69) is 125 Å². The Labute approximate surface area is 229 Å². The van der Waals surface area contributed by atoms with Gasteiger partial charge in [-0.1, -0.05) is 135 Å². The minimum atomic E-state index is -0.0182. The first kappa shape index (κ1) is 27.4. The summed E-state index contributed by atoms with van der Waals surface area (Å²) in [5.74, 6) is 0. The van der Waals surface area contributed by atoms with Crippen LogP contribution < -0.4 is 0 Å². The van der Waals surface area contributed by atoms with Crippen LogP contribution in [-0.2, 0) is 5.41 Å². The van der Waals surface area contributed by atoms with E-state index in [-0.39, 0.29) is 5.41 Å². The molecule has 0 heterocycles. The molecule has 0 aromatic heterocycles. The number of hydrogen-bond acceptors (Lipinski definition) is 0. The van der Waals surface area contributed by atoms with Gasteiger partial charge in [-0.15, -0.1) is 0 Å². The van der Waals surface area contributed by atoms with Crippen LogP contribution in [0.2, 0.25) is 0 Å². The van der Waals surface area contributed by atoms with Gasteiger partial charge >= 0.3 is 0 Å². The van der Waals surface area contributed by atoms with Gasteiger partial charge in [0.05, 0.1) is 0 Å². The smallest absolute Gasteiger partial charge is 0.0159 e. The molecule has 0 spiro atoms. The Morgan fingerprint density at radius 1 is 0.474 bits per heavy atom. The highest BCUT2D eigenvalue weighted by Gasteiger charge is 2.36. The first-order valence-corrected chi connectivity index (χ1v) is 14.4. The zero-order chi connectivity index (χ0) is 27.4. The fourth-order valence-electron chi connectivity index (χ4n) is 5.75. The summed E-state index contributed by atoms with van der Waals surface area (Å²) < 4.78 is 0. The van der Waals surface area contributed by atoms with Crippen LogP contribution in [0.25, 0.3) is 54.2 Å². The van der Waals surface area contributed by atoms with Gasteiger partial charge in [0.1, 0.15) is 0 Å². The van der Waals surface area contributed by atoms with Gasteiger partial charge in [0, 0.05) is 5.41 Å². The van der Waals surface area contributed by atoms with Crippen molar-refractivity contribution in [1.82, 2.24) is 0 Å². The van der Waals surface area contributed by atoms with Crippen LogP contribution in [-0.4, -0.2) is 0 Å². The van der Waals surface area contributed by atoms with Crippen molar-refractivity contribution >= 4 is 43.1 Å². The van der Waals surface area contributed by atoms with Crippen LogP contribution in [0, 0.1) is 0 Å². The number of rotatable bonds is 0. The molecule has 1 aliphatic carbocycles. The standard InChI is InChI=1S/C31H22.C3H8.2C2H6/c1-31(2)28-14-13-22-15-20-8-3-4-9-21(20)16-26(22)30(28)27-17-23-12-11-19-7-5-6-10-24(19)25(23)18-29(27)31;1-3-2;2*1-2/h3-18H,1-2H3;3H2,1-2H3;2*1-2H3. The lowest BCUT2D eigenvalue weighted by Gasteiger charge is -2.22. The van der Waals surface area contributed by atoms with E-state index in [1.165, 1.54) is 71.8 Å². The number of fused-ring (bicyclic) bond motifs is 9. The quantitative estimate of drug-likeness (QED) is 0.144. The highest BCUT2D eigenvalue weighted by atomic mass is 14.4. The normalized spacial score (nSPS) is 12.5. The Morgan fingerprint density at radius 3 is 1.68 bits per heavy atom. The summed E-state index contributed by atoms with van der Waals surface area (Å²) in [6.45, 7) is 17.0. The van der Waals surface area contributed by atoms with Gasteiger partial charge in [-0.05, 0) is 89.6 Å². The first-order valence-electron chi connectivity index (χ1n) is 14.4. The molecule has 0 unspecified atom stereocenters. The molecule has 194 valence electrons. The van der Waals surface area contributed by atoms with Crippen molar-refractivity contribution in [2.24, 2.45) is 0 Å². The molecule has 38 heavy (non-hydrogen) atoms. The van der Waals surface area contributed by atoms with E-state index in [4.69, 9.17) is 0 Å². The van der Waals surface area contributed by atoms with Gasteiger partial charge in [-0.3, -0.25) is 0 Å². The fraction of sp³-hybridized carbons (Fsp3) is 0.263. The average Bonchev–Trinajstić information content (AvgIpc) is 3.19. The highest BCUT2D eigenvalue weighted by Crippen LogP contribution is 2.53. The van der Waals surface area contributed by atoms with E-state index in [0.29, 0.717) is 0 Å². The van der Waals surface area contributed by atoms with Crippen molar-refractivity contribution in [1.29, 1.82) is 0 Å². The van der Waals surface area contributed by atoms with Crippen molar-refractivity contribution in [2.45, 2.75) is 67.2 Å². The SMILES string of the molecule is CC.CC.CC1(C)c2cc3c(ccc4ccccc43)cc2-c2c1ccc1cc3ccccc3cc21.CCC. The fourth-order valence-corrected chi connectivity index (χ4v) is 5.75. The van der Waals surface area contributed by atoms with E-state index >= 15 is 0 Å². The lowest BCUT2D eigenvalue weighted by atomic mass is 9.81. The van der Waals surface area contributed by atoms with E-state index in [1.54, 1.807) is 0 Å². The molecule has 6 aromatic carbocycles. The molecule has 7 rings (SSSR count). The van der Waals surface area contributed by atoms with Crippen molar-refractivity contribution in [3.05, 3.63) is 108 Å². The zero-order valence-corrected chi connectivity index (χ0v) is 24.4.